The van der Waals surface area contributed by atoms with E-state index in [4.69, 9.17) is 4.74 Å². The molecule has 0 saturated carbocycles. The first-order valence-electron chi connectivity index (χ1n) is 9.47. The summed E-state index contributed by atoms with van der Waals surface area (Å²) in [5.41, 5.74) is 1.64. The summed E-state index contributed by atoms with van der Waals surface area (Å²) in [5.74, 6) is -0.0134. The first kappa shape index (κ1) is 18.4. The monoisotopic (exact) mass is 378 g/mol. The number of methoxy groups -OCH3 is 1. The molecule has 28 heavy (non-hydrogen) atoms. The van der Waals surface area contributed by atoms with E-state index in [0.29, 0.717) is 19.6 Å². The van der Waals surface area contributed by atoms with Gasteiger partial charge in [-0.25, -0.2) is 4.39 Å². The fourth-order valence-corrected chi connectivity index (χ4v) is 3.68. The van der Waals surface area contributed by atoms with Gasteiger partial charge in [-0.15, -0.1) is 0 Å². The van der Waals surface area contributed by atoms with Crippen molar-refractivity contribution in [2.75, 3.05) is 33.3 Å². The van der Waals surface area contributed by atoms with Gasteiger partial charge in [0, 0.05) is 38.3 Å². The van der Waals surface area contributed by atoms with Crippen LogP contribution in [-0.2, 0) is 6.54 Å². The number of ether oxygens (including phenoxy) is 1. The molecular weight excluding hydrogens is 355 g/mol. The second kappa shape index (κ2) is 7.98. The van der Waals surface area contributed by atoms with E-state index in [1.165, 1.54) is 13.2 Å². The molecule has 3 aromatic rings. The van der Waals surface area contributed by atoms with Crippen molar-refractivity contribution in [2.24, 2.45) is 0 Å². The minimum atomic E-state index is -0.342. The lowest BCUT2D eigenvalue weighted by molar-refractivity contribution is 0.0628. The predicted octanol–water partition coefficient (Wildman–Crippen LogP) is 3.95. The Morgan fingerprint density at radius 3 is 2.43 bits per heavy atom. The molecule has 1 aliphatic heterocycles. The van der Waals surface area contributed by atoms with Crippen molar-refractivity contribution in [3.63, 3.8) is 0 Å². The number of benzene rings is 3. The summed E-state index contributed by atoms with van der Waals surface area (Å²) < 4.78 is 18.8. The van der Waals surface area contributed by atoms with Gasteiger partial charge in [-0.2, -0.15) is 0 Å². The number of piperazine rings is 1. The number of amides is 1. The Bertz CT molecular complexity index is 997. The van der Waals surface area contributed by atoms with Gasteiger partial charge >= 0.3 is 0 Å². The van der Waals surface area contributed by atoms with E-state index in [0.717, 1.165) is 35.0 Å². The third-order valence-electron chi connectivity index (χ3n) is 5.28. The molecule has 0 spiro atoms. The molecule has 3 aromatic carbocycles. The smallest absolute Gasteiger partial charge is 0.253 e. The fourth-order valence-electron chi connectivity index (χ4n) is 3.68. The summed E-state index contributed by atoms with van der Waals surface area (Å²) in [6, 6.07) is 19.0. The minimum absolute atomic E-state index is 0.0703. The van der Waals surface area contributed by atoms with Crippen LogP contribution in [0.15, 0.2) is 60.7 Å². The second-order valence-corrected chi connectivity index (χ2v) is 7.10. The highest BCUT2D eigenvalue weighted by Crippen LogP contribution is 2.20. The topological polar surface area (TPSA) is 32.8 Å². The zero-order valence-electron chi connectivity index (χ0n) is 15.9. The van der Waals surface area contributed by atoms with E-state index in [1.807, 2.05) is 53.4 Å². The summed E-state index contributed by atoms with van der Waals surface area (Å²) in [6.45, 7) is 3.55. The molecule has 1 heterocycles. The average molecular weight is 378 g/mol. The van der Waals surface area contributed by atoms with Crippen LogP contribution in [0, 0.1) is 5.82 Å². The fraction of sp³-hybridized carbons (Fsp3) is 0.261. The van der Waals surface area contributed by atoms with Crippen molar-refractivity contribution >= 4 is 16.7 Å². The van der Waals surface area contributed by atoms with Crippen molar-refractivity contribution in [1.82, 2.24) is 9.80 Å². The first-order valence-corrected chi connectivity index (χ1v) is 9.47. The third kappa shape index (κ3) is 3.85. The van der Waals surface area contributed by atoms with Crippen molar-refractivity contribution in [3.05, 3.63) is 77.6 Å². The third-order valence-corrected chi connectivity index (χ3v) is 5.28. The standard InChI is InChI=1S/C23H23FN2O2/c1-28-22-9-6-17(14-21(22)24)16-25-10-12-26(13-11-25)23(27)20-8-7-18-4-2-3-5-19(18)15-20/h2-9,14-15H,10-13,16H2,1H3. The van der Waals surface area contributed by atoms with Crippen LogP contribution in [0.3, 0.4) is 0 Å². The van der Waals surface area contributed by atoms with Crippen LogP contribution in [0.5, 0.6) is 5.75 Å². The van der Waals surface area contributed by atoms with Gasteiger partial charge in [0.2, 0.25) is 0 Å². The van der Waals surface area contributed by atoms with Crippen LogP contribution in [0.25, 0.3) is 10.8 Å². The van der Waals surface area contributed by atoms with Gasteiger partial charge in [-0.3, -0.25) is 9.69 Å². The summed E-state index contributed by atoms with van der Waals surface area (Å²) >= 11 is 0. The Labute approximate surface area is 164 Å². The maximum absolute atomic E-state index is 13.9. The summed E-state index contributed by atoms with van der Waals surface area (Å²) in [5, 5.41) is 2.21. The molecule has 1 fully saturated rings. The molecule has 0 aromatic heterocycles. The molecule has 1 saturated heterocycles. The van der Waals surface area contributed by atoms with Gasteiger partial charge in [0.15, 0.2) is 11.6 Å². The Morgan fingerprint density at radius 1 is 0.964 bits per heavy atom. The molecular formula is C23H23FN2O2. The summed E-state index contributed by atoms with van der Waals surface area (Å²) in [4.78, 5) is 17.0. The van der Waals surface area contributed by atoms with Crippen LogP contribution in [0.2, 0.25) is 0 Å². The van der Waals surface area contributed by atoms with Crippen LogP contribution in [0.4, 0.5) is 4.39 Å². The normalized spacial score (nSPS) is 15.0. The van der Waals surface area contributed by atoms with Crippen LogP contribution < -0.4 is 4.74 Å². The van der Waals surface area contributed by atoms with Gasteiger partial charge in [0.1, 0.15) is 0 Å². The van der Waals surface area contributed by atoms with Gasteiger partial charge in [-0.05, 0) is 40.6 Å². The van der Waals surface area contributed by atoms with E-state index in [9.17, 15) is 9.18 Å². The van der Waals surface area contributed by atoms with Crippen LogP contribution in [-0.4, -0.2) is 49.0 Å². The van der Waals surface area contributed by atoms with Crippen LogP contribution >= 0.6 is 0 Å². The van der Waals surface area contributed by atoms with Crippen LogP contribution in [0.1, 0.15) is 15.9 Å². The highest BCUT2D eigenvalue weighted by atomic mass is 19.1. The second-order valence-electron chi connectivity index (χ2n) is 7.10. The van der Waals surface area contributed by atoms with E-state index in [2.05, 4.69) is 4.90 Å². The molecule has 0 atom stereocenters. The van der Waals surface area contributed by atoms with Gasteiger partial charge < -0.3 is 9.64 Å². The summed E-state index contributed by atoms with van der Waals surface area (Å²) in [6.07, 6.45) is 0. The minimum Gasteiger partial charge on any atom is -0.494 e. The first-order chi connectivity index (χ1) is 13.6. The Balaban J connectivity index is 1.37. The largest absolute Gasteiger partial charge is 0.494 e. The molecule has 0 aliphatic carbocycles. The molecule has 1 amide bonds. The number of hydrogen-bond donors (Lipinski definition) is 0. The number of rotatable bonds is 4. The van der Waals surface area contributed by atoms with E-state index in [-0.39, 0.29) is 17.5 Å². The van der Waals surface area contributed by atoms with Crippen molar-refractivity contribution in [2.45, 2.75) is 6.54 Å². The molecule has 0 bridgehead atoms. The molecule has 0 radical (unpaired) electrons. The highest BCUT2D eigenvalue weighted by Gasteiger charge is 2.22. The SMILES string of the molecule is COc1ccc(CN2CCN(C(=O)c3ccc4ccccc4c3)CC2)cc1F. The lowest BCUT2D eigenvalue weighted by Gasteiger charge is -2.34. The Hall–Kier alpha value is -2.92. The zero-order valence-corrected chi connectivity index (χ0v) is 15.9. The molecule has 144 valence electrons. The molecule has 4 nitrogen and oxygen atoms in total. The van der Waals surface area contributed by atoms with Crippen molar-refractivity contribution < 1.29 is 13.9 Å². The maximum atomic E-state index is 13.9. The Kier molecular flexibility index (Phi) is 5.26. The summed E-state index contributed by atoms with van der Waals surface area (Å²) in [7, 11) is 1.46. The number of carbonyl (C=O) groups excluding carboxylic acids is 1. The zero-order chi connectivity index (χ0) is 19.5. The number of nitrogens with zero attached hydrogens (tertiary/aromatic N) is 2. The average Bonchev–Trinajstić information content (AvgIpc) is 2.73. The lowest BCUT2D eigenvalue weighted by atomic mass is 10.1. The van der Waals surface area contributed by atoms with E-state index in [1.54, 1.807) is 6.07 Å². The molecule has 4 rings (SSSR count). The van der Waals surface area contributed by atoms with Crippen molar-refractivity contribution in [3.8, 4) is 5.75 Å². The number of halogens is 1. The molecule has 0 N–H and O–H groups in total. The van der Waals surface area contributed by atoms with Gasteiger partial charge in [0.25, 0.3) is 5.91 Å². The molecule has 0 unspecified atom stereocenters. The van der Waals surface area contributed by atoms with Crippen molar-refractivity contribution in [1.29, 1.82) is 0 Å². The maximum Gasteiger partial charge on any atom is 0.253 e. The van der Waals surface area contributed by atoms with Gasteiger partial charge in [0.05, 0.1) is 7.11 Å². The number of carbonyl (C=O) groups is 1. The van der Waals surface area contributed by atoms with E-state index < -0.39 is 0 Å². The number of hydrogen-bond acceptors (Lipinski definition) is 3. The quantitative estimate of drug-likeness (QED) is 0.689. The number of fused-ring (bicyclic) bond motifs is 1. The predicted molar refractivity (Wildman–Crippen MR) is 108 cm³/mol. The Morgan fingerprint density at radius 2 is 1.71 bits per heavy atom. The lowest BCUT2D eigenvalue weighted by Crippen LogP contribution is -2.48. The highest BCUT2D eigenvalue weighted by molar-refractivity contribution is 5.98. The molecule has 5 heteroatoms. The van der Waals surface area contributed by atoms with E-state index >= 15 is 0 Å². The van der Waals surface area contributed by atoms with Gasteiger partial charge in [-0.1, -0.05) is 36.4 Å². The molecule has 1 aliphatic rings.